The zero-order valence-corrected chi connectivity index (χ0v) is 18.5. The minimum absolute atomic E-state index is 0.0663. The number of hydrogen-bond donors (Lipinski definition) is 1. The summed E-state index contributed by atoms with van der Waals surface area (Å²) in [5, 5.41) is 8.56. The maximum atomic E-state index is 13.3. The van der Waals surface area contributed by atoms with Gasteiger partial charge >= 0.3 is 0 Å². The summed E-state index contributed by atoms with van der Waals surface area (Å²) in [7, 11) is 0. The number of aromatic nitrogens is 2. The first-order valence-corrected chi connectivity index (χ1v) is 11.3. The Kier molecular flexibility index (Phi) is 6.54. The van der Waals surface area contributed by atoms with E-state index in [1.54, 1.807) is 0 Å². The number of morpholine rings is 1. The van der Waals surface area contributed by atoms with Crippen molar-refractivity contribution in [2.75, 3.05) is 26.3 Å². The van der Waals surface area contributed by atoms with Crippen LogP contribution in [0.1, 0.15) is 53.1 Å². The lowest BCUT2D eigenvalue weighted by Crippen LogP contribution is -2.41. The molecule has 2 heterocycles. The van der Waals surface area contributed by atoms with E-state index in [2.05, 4.69) is 55.0 Å². The van der Waals surface area contributed by atoms with E-state index in [-0.39, 0.29) is 5.91 Å². The third-order valence-electron chi connectivity index (χ3n) is 6.23. The monoisotopic (exact) mass is 410 g/mol. The Morgan fingerprint density at radius 3 is 2.77 bits per heavy atom. The Hall–Kier alpha value is -2.18. The maximum absolute atomic E-state index is 13.3. The van der Waals surface area contributed by atoms with Gasteiger partial charge < -0.3 is 15.0 Å². The van der Waals surface area contributed by atoms with E-state index in [0.717, 1.165) is 37.9 Å². The van der Waals surface area contributed by atoms with Crippen LogP contribution in [-0.4, -0.2) is 52.9 Å². The third kappa shape index (κ3) is 4.60. The second kappa shape index (κ2) is 9.31. The van der Waals surface area contributed by atoms with Crippen LogP contribution in [-0.2, 0) is 30.7 Å². The molecule has 6 nitrogen and oxygen atoms in total. The van der Waals surface area contributed by atoms with Gasteiger partial charge in [0, 0.05) is 43.5 Å². The van der Waals surface area contributed by atoms with Gasteiger partial charge in [-0.2, -0.15) is 5.10 Å². The summed E-state index contributed by atoms with van der Waals surface area (Å²) in [4.78, 5) is 15.2. The molecule has 30 heavy (non-hydrogen) atoms. The molecule has 1 aliphatic heterocycles. The van der Waals surface area contributed by atoms with Gasteiger partial charge in [0.2, 0.25) is 0 Å². The van der Waals surface area contributed by atoms with Crippen molar-refractivity contribution < 1.29 is 9.53 Å². The predicted octanol–water partition coefficient (Wildman–Crippen LogP) is 2.97. The molecule has 2 aromatic rings. The van der Waals surface area contributed by atoms with Crippen LogP contribution >= 0.6 is 0 Å². The van der Waals surface area contributed by atoms with Crippen LogP contribution in [0.4, 0.5) is 0 Å². The Bertz CT molecular complexity index is 883. The molecule has 1 unspecified atom stereocenters. The molecule has 0 saturated carbocycles. The lowest BCUT2D eigenvalue weighted by molar-refractivity contribution is 0.0297. The van der Waals surface area contributed by atoms with Crippen LogP contribution < -0.4 is 5.32 Å². The molecule has 1 atom stereocenters. The summed E-state index contributed by atoms with van der Waals surface area (Å²) in [5.74, 6) is 0.564. The van der Waals surface area contributed by atoms with E-state index in [1.807, 2.05) is 4.90 Å². The molecular weight excluding hydrogens is 376 g/mol. The number of carbonyl (C=O) groups excluding carboxylic acids is 1. The molecule has 4 rings (SSSR count). The van der Waals surface area contributed by atoms with Crippen molar-refractivity contribution in [1.29, 1.82) is 0 Å². The SMILES string of the molecule is Cc1ccccc1CNC1CCc2c(c(C(=O)N3CCOCC3)nn2CC(C)C)C1. The highest BCUT2D eigenvalue weighted by Gasteiger charge is 2.31. The van der Waals surface area contributed by atoms with E-state index in [1.165, 1.54) is 16.8 Å². The summed E-state index contributed by atoms with van der Waals surface area (Å²) >= 11 is 0. The average Bonchev–Trinajstić information content (AvgIpc) is 3.10. The lowest BCUT2D eigenvalue weighted by atomic mass is 9.90. The second-order valence-electron chi connectivity index (χ2n) is 9.00. The Morgan fingerprint density at radius 2 is 2.03 bits per heavy atom. The number of hydrogen-bond acceptors (Lipinski definition) is 4. The summed E-state index contributed by atoms with van der Waals surface area (Å²) in [6.07, 6.45) is 2.91. The fourth-order valence-corrected chi connectivity index (χ4v) is 4.51. The number of benzene rings is 1. The van der Waals surface area contributed by atoms with Gasteiger partial charge in [-0.15, -0.1) is 0 Å². The van der Waals surface area contributed by atoms with Crippen molar-refractivity contribution >= 4 is 5.91 Å². The van der Waals surface area contributed by atoms with Gasteiger partial charge in [-0.1, -0.05) is 38.1 Å². The number of nitrogens with zero attached hydrogens (tertiary/aromatic N) is 3. The van der Waals surface area contributed by atoms with Crippen molar-refractivity contribution in [3.8, 4) is 0 Å². The van der Waals surface area contributed by atoms with Gasteiger partial charge in [0.15, 0.2) is 5.69 Å². The van der Waals surface area contributed by atoms with Crippen LogP contribution in [0.3, 0.4) is 0 Å². The van der Waals surface area contributed by atoms with Crippen molar-refractivity contribution in [2.45, 2.75) is 59.2 Å². The molecule has 1 aromatic carbocycles. The number of rotatable bonds is 6. The Morgan fingerprint density at radius 1 is 1.27 bits per heavy atom. The molecule has 6 heteroatoms. The largest absolute Gasteiger partial charge is 0.378 e. The molecule has 0 bridgehead atoms. The minimum atomic E-state index is 0.0663. The van der Waals surface area contributed by atoms with Crippen molar-refractivity contribution in [3.63, 3.8) is 0 Å². The van der Waals surface area contributed by atoms with Crippen LogP contribution in [0, 0.1) is 12.8 Å². The molecule has 2 aliphatic rings. The van der Waals surface area contributed by atoms with E-state index in [4.69, 9.17) is 9.84 Å². The van der Waals surface area contributed by atoms with Crippen LogP contribution in [0.5, 0.6) is 0 Å². The maximum Gasteiger partial charge on any atom is 0.274 e. The average molecular weight is 411 g/mol. The normalized spacial score (nSPS) is 19.2. The molecule has 1 aromatic heterocycles. The van der Waals surface area contributed by atoms with Gasteiger partial charge in [0.25, 0.3) is 5.91 Å². The van der Waals surface area contributed by atoms with Gasteiger partial charge in [-0.3, -0.25) is 9.48 Å². The highest BCUT2D eigenvalue weighted by Crippen LogP contribution is 2.27. The summed E-state index contributed by atoms with van der Waals surface area (Å²) in [6, 6.07) is 8.89. The molecule has 1 N–H and O–H groups in total. The van der Waals surface area contributed by atoms with E-state index >= 15 is 0 Å². The summed E-state index contributed by atoms with van der Waals surface area (Å²) in [6.45, 7) is 10.8. The molecule has 0 radical (unpaired) electrons. The summed E-state index contributed by atoms with van der Waals surface area (Å²) < 4.78 is 7.53. The number of aryl methyl sites for hydroxylation is 1. The Balaban J connectivity index is 1.53. The smallest absolute Gasteiger partial charge is 0.274 e. The predicted molar refractivity (Wildman–Crippen MR) is 118 cm³/mol. The van der Waals surface area contributed by atoms with Crippen LogP contribution in [0.25, 0.3) is 0 Å². The molecule has 162 valence electrons. The first-order valence-electron chi connectivity index (χ1n) is 11.3. The van der Waals surface area contributed by atoms with Gasteiger partial charge in [-0.25, -0.2) is 0 Å². The van der Waals surface area contributed by atoms with Crippen molar-refractivity contribution in [3.05, 3.63) is 52.3 Å². The number of nitrogens with one attached hydrogen (secondary N) is 1. The minimum Gasteiger partial charge on any atom is -0.378 e. The van der Waals surface area contributed by atoms with E-state index < -0.39 is 0 Å². The Labute approximate surface area is 179 Å². The van der Waals surface area contributed by atoms with Crippen molar-refractivity contribution in [1.82, 2.24) is 20.0 Å². The molecule has 1 aliphatic carbocycles. The van der Waals surface area contributed by atoms with Crippen LogP contribution in [0.2, 0.25) is 0 Å². The fourth-order valence-electron chi connectivity index (χ4n) is 4.51. The number of amides is 1. The highest BCUT2D eigenvalue weighted by molar-refractivity contribution is 5.94. The van der Waals surface area contributed by atoms with Crippen molar-refractivity contribution in [2.24, 2.45) is 5.92 Å². The third-order valence-corrected chi connectivity index (χ3v) is 6.23. The van der Waals surface area contributed by atoms with E-state index in [0.29, 0.717) is 44.0 Å². The lowest BCUT2D eigenvalue weighted by Gasteiger charge is -2.28. The number of ether oxygens (including phenoxy) is 1. The first kappa shape index (κ1) is 21.1. The fraction of sp³-hybridized carbons (Fsp3) is 0.583. The topological polar surface area (TPSA) is 59.4 Å². The zero-order chi connectivity index (χ0) is 21.1. The van der Waals surface area contributed by atoms with E-state index in [9.17, 15) is 4.79 Å². The first-order chi connectivity index (χ1) is 14.5. The van der Waals surface area contributed by atoms with Crippen LogP contribution in [0.15, 0.2) is 24.3 Å². The molecule has 0 spiro atoms. The highest BCUT2D eigenvalue weighted by atomic mass is 16.5. The molecule has 1 fully saturated rings. The quantitative estimate of drug-likeness (QED) is 0.795. The number of carbonyl (C=O) groups is 1. The van der Waals surface area contributed by atoms with Gasteiger partial charge in [-0.05, 0) is 43.2 Å². The van der Waals surface area contributed by atoms with Gasteiger partial charge in [0.1, 0.15) is 0 Å². The standard InChI is InChI=1S/C24H34N4O2/c1-17(2)16-28-22-9-8-20(25-15-19-7-5-4-6-18(19)3)14-21(22)23(26-28)24(29)27-10-12-30-13-11-27/h4-7,17,20,25H,8-16H2,1-3H3. The molecule has 1 saturated heterocycles. The second-order valence-corrected chi connectivity index (χ2v) is 9.00. The van der Waals surface area contributed by atoms with Gasteiger partial charge in [0.05, 0.1) is 13.2 Å². The zero-order valence-electron chi connectivity index (χ0n) is 18.5. The number of fused-ring (bicyclic) bond motifs is 1. The molecule has 1 amide bonds. The molecular formula is C24H34N4O2. The summed E-state index contributed by atoms with van der Waals surface area (Å²) in [5.41, 5.74) is 5.72.